The molecule has 1 fully saturated rings. The number of likely N-dealkylation sites (tertiary alicyclic amines) is 1. The van der Waals surface area contributed by atoms with Crippen LogP contribution in [-0.2, 0) is 21.4 Å². The molecular formula is C35H35N5O5S. The van der Waals surface area contributed by atoms with Crippen molar-refractivity contribution in [3.05, 3.63) is 124 Å². The van der Waals surface area contributed by atoms with Gasteiger partial charge in [-0.3, -0.25) is 24.5 Å². The fraction of sp³-hybridized carbons (Fsp3) is 0.229. The van der Waals surface area contributed by atoms with Crippen molar-refractivity contribution < 1.29 is 18.1 Å². The lowest BCUT2D eigenvalue weighted by Crippen LogP contribution is -2.42. The van der Waals surface area contributed by atoms with Crippen LogP contribution in [0.4, 0.5) is 22.7 Å². The molecule has 0 aliphatic carbocycles. The molecule has 0 bridgehead atoms. The van der Waals surface area contributed by atoms with E-state index in [0.29, 0.717) is 34.6 Å². The number of carbonyl (C=O) groups is 1. The monoisotopic (exact) mass is 637 g/mol. The number of nitro benzene ring substituents is 1. The summed E-state index contributed by atoms with van der Waals surface area (Å²) in [7, 11) is -4.16. The number of non-ortho nitro benzene ring substituents is 1. The maximum atomic E-state index is 13.5. The molecule has 11 heteroatoms. The second-order valence-electron chi connectivity index (χ2n) is 11.8. The van der Waals surface area contributed by atoms with Gasteiger partial charge in [-0.25, -0.2) is 8.42 Å². The van der Waals surface area contributed by atoms with Crippen molar-refractivity contribution in [3.63, 3.8) is 0 Å². The van der Waals surface area contributed by atoms with Crippen molar-refractivity contribution in [1.29, 1.82) is 0 Å². The van der Waals surface area contributed by atoms with Crippen molar-refractivity contribution in [1.82, 2.24) is 4.90 Å². The maximum absolute atomic E-state index is 13.5. The van der Waals surface area contributed by atoms with Crippen LogP contribution in [0.5, 0.6) is 0 Å². The molecule has 46 heavy (non-hydrogen) atoms. The Bertz CT molecular complexity index is 1920. The topological polar surface area (TPSA) is 134 Å². The predicted octanol–water partition coefficient (Wildman–Crippen LogP) is 7.09. The van der Waals surface area contributed by atoms with Crippen LogP contribution in [-0.4, -0.2) is 36.2 Å². The number of nitro groups is 1. The highest BCUT2D eigenvalue weighted by molar-refractivity contribution is 7.92. The van der Waals surface area contributed by atoms with Crippen molar-refractivity contribution in [2.24, 2.45) is 0 Å². The van der Waals surface area contributed by atoms with E-state index < -0.39 is 14.9 Å². The first-order valence-electron chi connectivity index (χ1n) is 15.2. The van der Waals surface area contributed by atoms with Crippen LogP contribution >= 0.6 is 0 Å². The molecule has 2 heterocycles. The number of fused-ring (bicyclic) bond motifs is 1. The summed E-state index contributed by atoms with van der Waals surface area (Å²) in [6.07, 6.45) is 3.68. The van der Waals surface area contributed by atoms with Crippen LogP contribution in [0.25, 0.3) is 11.3 Å². The molecule has 6 rings (SSSR count). The standard InChI is InChI=1S/C35H35N5O5S/c1-23-8-6-9-24(2)39(23)22-25-14-16-27(17-15-25)36-34(26-10-4-3-5-11-26)33-31-20-28(18-19-32(31)37-35(33)41)38-46(44,45)30-13-7-12-29(21-30)40(42)43/h3-5,7,10-21,23-24,36,38H,6,8-9,22H2,1-2H3,(H,37,41). The second kappa shape index (κ2) is 12.8. The lowest BCUT2D eigenvalue weighted by Gasteiger charge is -2.39. The van der Waals surface area contributed by atoms with Crippen molar-refractivity contribution in [2.75, 3.05) is 15.4 Å². The summed E-state index contributed by atoms with van der Waals surface area (Å²) in [6, 6.07) is 28.4. The van der Waals surface area contributed by atoms with Gasteiger partial charge < -0.3 is 10.6 Å². The smallest absolute Gasteiger partial charge is 0.270 e. The number of hydrogen-bond donors (Lipinski definition) is 3. The Kier molecular flexibility index (Phi) is 8.61. The molecule has 4 aromatic carbocycles. The van der Waals surface area contributed by atoms with Gasteiger partial charge in [-0.15, -0.1) is 0 Å². The van der Waals surface area contributed by atoms with E-state index in [1.165, 1.54) is 49.1 Å². The molecule has 2 atom stereocenters. The van der Waals surface area contributed by atoms with Gasteiger partial charge in [0, 0.05) is 53.4 Å². The Morgan fingerprint density at radius 2 is 1.61 bits per heavy atom. The number of carbonyl (C=O) groups excluding carboxylic acids is 1. The first-order valence-corrected chi connectivity index (χ1v) is 16.7. The van der Waals surface area contributed by atoms with E-state index in [-0.39, 0.29) is 22.2 Å². The van der Waals surface area contributed by atoms with Gasteiger partial charge in [0.1, 0.15) is 0 Å². The Morgan fingerprint density at radius 3 is 2.30 bits per heavy atom. The summed E-state index contributed by atoms with van der Waals surface area (Å²) in [5, 5.41) is 17.6. The van der Waals surface area contributed by atoms with Gasteiger partial charge in [0.25, 0.3) is 21.6 Å². The lowest BCUT2D eigenvalue weighted by molar-refractivity contribution is -0.385. The minimum Gasteiger partial charge on any atom is -0.354 e. The second-order valence-corrected chi connectivity index (χ2v) is 13.5. The predicted molar refractivity (Wildman–Crippen MR) is 181 cm³/mol. The third-order valence-corrected chi connectivity index (χ3v) is 10.0. The largest absolute Gasteiger partial charge is 0.354 e. The summed E-state index contributed by atoms with van der Waals surface area (Å²) < 4.78 is 28.8. The molecule has 2 aliphatic rings. The summed E-state index contributed by atoms with van der Waals surface area (Å²) in [6.45, 7) is 5.46. The van der Waals surface area contributed by atoms with Crippen LogP contribution in [0.1, 0.15) is 49.8 Å². The number of piperidine rings is 1. The number of hydrogen-bond acceptors (Lipinski definition) is 7. The zero-order valence-electron chi connectivity index (χ0n) is 25.6. The van der Waals surface area contributed by atoms with Gasteiger partial charge in [-0.1, -0.05) is 55.0 Å². The normalized spacial score (nSPS) is 19.2. The molecule has 2 unspecified atom stereocenters. The number of amides is 1. The summed E-state index contributed by atoms with van der Waals surface area (Å²) in [5.41, 5.74) is 4.65. The molecule has 4 aromatic rings. The van der Waals surface area contributed by atoms with E-state index in [4.69, 9.17) is 0 Å². The molecule has 1 amide bonds. The lowest BCUT2D eigenvalue weighted by atomic mass is 9.96. The summed E-state index contributed by atoms with van der Waals surface area (Å²) in [4.78, 5) is 26.3. The number of rotatable bonds is 9. The molecule has 236 valence electrons. The Hall–Kier alpha value is -5.00. The highest BCUT2D eigenvalue weighted by Gasteiger charge is 2.30. The van der Waals surface area contributed by atoms with Crippen molar-refractivity contribution >= 4 is 50.0 Å². The van der Waals surface area contributed by atoms with Crippen LogP contribution in [0, 0.1) is 10.1 Å². The Morgan fingerprint density at radius 1 is 0.913 bits per heavy atom. The molecular weight excluding hydrogens is 602 g/mol. The molecule has 0 aromatic heterocycles. The number of nitrogens with zero attached hydrogens (tertiary/aromatic N) is 2. The highest BCUT2D eigenvalue weighted by Crippen LogP contribution is 2.39. The maximum Gasteiger partial charge on any atom is 0.270 e. The zero-order chi connectivity index (χ0) is 32.4. The first-order chi connectivity index (χ1) is 22.1. The number of nitrogens with one attached hydrogen (secondary N) is 3. The SMILES string of the molecule is CC1CCCC(C)N1Cc1ccc(NC(=C2C(=O)Nc3ccc(NS(=O)(=O)c4cccc([N+](=O)[O-])c4)cc32)c2ccccc2)cc1. The molecule has 2 aliphatic heterocycles. The molecule has 0 radical (unpaired) electrons. The van der Waals surface area contributed by atoms with Crippen LogP contribution in [0.2, 0.25) is 0 Å². The number of sulfonamides is 1. The van der Waals surface area contributed by atoms with Gasteiger partial charge in [0.15, 0.2) is 0 Å². The molecule has 10 nitrogen and oxygen atoms in total. The van der Waals surface area contributed by atoms with Gasteiger partial charge in [0.2, 0.25) is 0 Å². The third kappa shape index (κ3) is 6.51. The van der Waals surface area contributed by atoms with E-state index in [1.54, 1.807) is 12.1 Å². The third-order valence-electron chi connectivity index (χ3n) is 8.63. The summed E-state index contributed by atoms with van der Waals surface area (Å²) >= 11 is 0. The molecule has 0 saturated carbocycles. The minimum atomic E-state index is -4.16. The molecule has 0 spiro atoms. The molecule has 3 N–H and O–H groups in total. The van der Waals surface area contributed by atoms with E-state index in [2.05, 4.69) is 46.2 Å². The highest BCUT2D eigenvalue weighted by atomic mass is 32.2. The average Bonchev–Trinajstić information content (AvgIpc) is 3.37. The van der Waals surface area contributed by atoms with Crippen LogP contribution in [0.3, 0.4) is 0 Å². The van der Waals surface area contributed by atoms with Crippen molar-refractivity contribution in [2.45, 2.75) is 56.6 Å². The Balaban J connectivity index is 1.32. The zero-order valence-corrected chi connectivity index (χ0v) is 26.4. The van der Waals surface area contributed by atoms with Gasteiger partial charge in [0.05, 0.1) is 21.1 Å². The van der Waals surface area contributed by atoms with Crippen LogP contribution in [0.15, 0.2) is 102 Å². The van der Waals surface area contributed by atoms with E-state index in [0.717, 1.165) is 23.9 Å². The fourth-order valence-electron chi connectivity index (χ4n) is 6.18. The van der Waals surface area contributed by atoms with Gasteiger partial charge in [-0.2, -0.15) is 0 Å². The van der Waals surface area contributed by atoms with E-state index in [9.17, 15) is 23.3 Å². The van der Waals surface area contributed by atoms with Gasteiger partial charge in [-0.05, 0) is 74.2 Å². The van der Waals surface area contributed by atoms with Crippen molar-refractivity contribution in [3.8, 4) is 0 Å². The van der Waals surface area contributed by atoms with E-state index in [1.807, 2.05) is 42.5 Å². The van der Waals surface area contributed by atoms with E-state index >= 15 is 0 Å². The quantitative estimate of drug-likeness (QED) is 0.101. The van der Waals surface area contributed by atoms with Gasteiger partial charge >= 0.3 is 0 Å². The Labute approximate surface area is 268 Å². The number of benzene rings is 4. The number of anilines is 3. The fourth-order valence-corrected chi connectivity index (χ4v) is 7.26. The average molecular weight is 638 g/mol. The van der Waals surface area contributed by atoms with Crippen LogP contribution < -0.4 is 15.4 Å². The molecule has 1 saturated heterocycles. The first kappa shape index (κ1) is 31.0. The minimum absolute atomic E-state index is 0.206. The summed E-state index contributed by atoms with van der Waals surface area (Å²) in [5.74, 6) is -0.329.